The molecule has 0 radical (unpaired) electrons. The number of hydrogen-bond acceptors (Lipinski definition) is 4. The van der Waals surface area contributed by atoms with Crippen LogP contribution in [0.5, 0.6) is 0 Å². The van der Waals surface area contributed by atoms with E-state index in [1.54, 1.807) is 0 Å². The van der Waals surface area contributed by atoms with Crippen molar-refractivity contribution < 1.29 is 18.8 Å². The summed E-state index contributed by atoms with van der Waals surface area (Å²) >= 11 is 0. The van der Waals surface area contributed by atoms with Crippen LogP contribution in [-0.2, 0) is 14.3 Å². The van der Waals surface area contributed by atoms with Crippen LogP contribution in [0.4, 0.5) is 0 Å². The van der Waals surface area contributed by atoms with Crippen LogP contribution >= 0.6 is 0 Å². The molecule has 4 atom stereocenters. The highest BCUT2D eigenvalue weighted by atomic mass is 16.5. The molecule has 36 heavy (non-hydrogen) atoms. The molecule has 5 nitrogen and oxygen atoms in total. The molecule has 0 aromatic heterocycles. The standard InChI is InChI=1S/C31H43N2O3/c34-29(27-9-26-1-2-28(27)36-26)35-17-25-16-32(30-10-19-3-20(11-30)5-21(4-19)12-30)18-33(25)31-13-22-6-23(14-31)8-24(7-22)15-31/h1-2,18-28H,3-17H2/q+1/t19?,20?,21?,22?,23?,24?,25?,26-,27+,28+,30?,31?/m0/s1. The van der Waals surface area contributed by atoms with Crippen LogP contribution in [-0.4, -0.2) is 64.3 Å². The van der Waals surface area contributed by atoms with Gasteiger partial charge in [-0.25, -0.2) is 0 Å². The van der Waals surface area contributed by atoms with Crippen molar-refractivity contribution in [1.82, 2.24) is 4.90 Å². The van der Waals surface area contributed by atoms with Crippen LogP contribution in [0.25, 0.3) is 0 Å². The fourth-order valence-electron chi connectivity index (χ4n) is 12.2. The lowest BCUT2D eigenvalue weighted by molar-refractivity contribution is -0.617. The van der Waals surface area contributed by atoms with Crippen molar-refractivity contribution in [3.63, 3.8) is 0 Å². The van der Waals surface area contributed by atoms with E-state index in [1.807, 2.05) is 0 Å². The third-order valence-corrected chi connectivity index (χ3v) is 12.7. The quantitative estimate of drug-likeness (QED) is 0.322. The minimum atomic E-state index is -0.0994. The lowest BCUT2D eigenvalue weighted by atomic mass is 9.52. The molecule has 5 heteroatoms. The van der Waals surface area contributed by atoms with Crippen molar-refractivity contribution in [2.75, 3.05) is 13.2 Å². The van der Waals surface area contributed by atoms with Crippen molar-refractivity contribution >= 4 is 12.3 Å². The highest BCUT2D eigenvalue weighted by Crippen LogP contribution is 2.60. The average molecular weight is 492 g/mol. The maximum atomic E-state index is 13.2. The minimum absolute atomic E-state index is 0.0226. The number of carbonyl (C=O) groups is 1. The SMILES string of the molecule is O=C(OCC1C[N+](C23CC4CC(CC(C4)C2)C3)=CN1C12CC3CC(CC(C3)C1)C2)[C@@H]1C[C@@H]2C=C[C@H]1O2. The third-order valence-electron chi connectivity index (χ3n) is 12.7. The van der Waals surface area contributed by atoms with Gasteiger partial charge in [-0.1, -0.05) is 12.2 Å². The molecule has 3 aliphatic heterocycles. The Morgan fingerprint density at radius 3 is 1.94 bits per heavy atom. The molecule has 0 aromatic carbocycles. The molecule has 1 saturated heterocycles. The number of fused-ring (bicyclic) bond motifs is 2. The predicted octanol–water partition coefficient (Wildman–Crippen LogP) is 4.54. The lowest BCUT2D eigenvalue weighted by Gasteiger charge is -2.57. The van der Waals surface area contributed by atoms with Crippen LogP contribution in [0.2, 0.25) is 0 Å². The summed E-state index contributed by atoms with van der Waals surface area (Å²) in [5.41, 5.74) is 0.707. The van der Waals surface area contributed by atoms with Gasteiger partial charge in [-0.3, -0.25) is 14.3 Å². The normalized spacial score (nSPS) is 55.1. The Kier molecular flexibility index (Phi) is 4.43. The molecule has 0 aromatic rings. The van der Waals surface area contributed by atoms with Crippen LogP contribution in [0.1, 0.15) is 83.5 Å². The summed E-state index contributed by atoms with van der Waals surface area (Å²) in [5.74, 6) is 5.54. The Labute approximate surface area is 215 Å². The Bertz CT molecular complexity index is 960. The zero-order chi connectivity index (χ0) is 23.6. The minimum Gasteiger partial charge on any atom is -0.461 e. The summed E-state index contributed by atoms with van der Waals surface area (Å²) in [5, 5.41) is 0. The van der Waals surface area contributed by atoms with Crippen molar-refractivity contribution in [2.24, 2.45) is 41.4 Å². The van der Waals surface area contributed by atoms with Gasteiger partial charge in [-0.05, 0) is 119 Å². The molecule has 194 valence electrons. The molecular weight excluding hydrogens is 448 g/mol. The molecule has 3 heterocycles. The summed E-state index contributed by atoms with van der Waals surface area (Å²) in [7, 11) is 0. The van der Waals surface area contributed by atoms with E-state index in [-0.39, 0.29) is 24.1 Å². The zero-order valence-corrected chi connectivity index (χ0v) is 21.7. The summed E-state index contributed by atoms with van der Waals surface area (Å²) in [6.45, 7) is 1.62. The van der Waals surface area contributed by atoms with Gasteiger partial charge in [0.25, 0.3) is 0 Å². The fourth-order valence-corrected chi connectivity index (χ4v) is 12.2. The molecule has 9 fully saturated rings. The highest BCUT2D eigenvalue weighted by molar-refractivity contribution is 5.74. The van der Waals surface area contributed by atoms with E-state index in [4.69, 9.17) is 9.47 Å². The molecule has 8 saturated carbocycles. The van der Waals surface area contributed by atoms with Crippen LogP contribution in [0.15, 0.2) is 12.2 Å². The smallest absolute Gasteiger partial charge is 0.312 e. The van der Waals surface area contributed by atoms with Gasteiger partial charge in [-0.2, -0.15) is 0 Å². The number of esters is 1. The van der Waals surface area contributed by atoms with E-state index in [2.05, 4.69) is 28.0 Å². The summed E-state index contributed by atoms with van der Waals surface area (Å²) in [4.78, 5) is 16.0. The molecule has 0 amide bonds. The first-order chi connectivity index (χ1) is 17.5. The first kappa shape index (κ1) is 21.6. The van der Waals surface area contributed by atoms with Crippen LogP contribution < -0.4 is 0 Å². The largest absolute Gasteiger partial charge is 0.461 e. The van der Waals surface area contributed by atoms with Crippen molar-refractivity contribution in [3.05, 3.63) is 12.2 Å². The molecular formula is C31H43N2O3+. The maximum Gasteiger partial charge on any atom is 0.312 e. The first-order valence-electron chi connectivity index (χ1n) is 15.4. The summed E-state index contributed by atoms with van der Waals surface area (Å²) < 4.78 is 14.9. The third kappa shape index (κ3) is 3.10. The first-order valence-corrected chi connectivity index (χ1v) is 15.4. The molecule has 11 rings (SSSR count). The number of nitrogens with zero attached hydrogens (tertiary/aromatic N) is 2. The molecule has 8 aliphatic carbocycles. The van der Waals surface area contributed by atoms with E-state index in [1.165, 1.54) is 77.0 Å². The Morgan fingerprint density at radius 2 is 1.42 bits per heavy atom. The van der Waals surface area contributed by atoms with Crippen LogP contribution in [0, 0.1) is 41.4 Å². The van der Waals surface area contributed by atoms with Gasteiger partial charge < -0.3 is 9.47 Å². The Balaban J connectivity index is 1.01. The van der Waals surface area contributed by atoms with Crippen molar-refractivity contribution in [3.8, 4) is 0 Å². The summed E-state index contributed by atoms with van der Waals surface area (Å²) in [6, 6.07) is 0.313. The number of carbonyl (C=O) groups excluding carboxylic acids is 1. The van der Waals surface area contributed by atoms with Gasteiger partial charge in [0.1, 0.15) is 24.2 Å². The summed E-state index contributed by atoms with van der Waals surface area (Å²) in [6.07, 6.45) is 24.9. The number of hydrogen-bond donors (Lipinski definition) is 0. The van der Waals surface area contributed by atoms with E-state index < -0.39 is 0 Å². The van der Waals surface area contributed by atoms with Gasteiger partial charge in [0.2, 0.25) is 6.34 Å². The van der Waals surface area contributed by atoms with Gasteiger partial charge in [0.05, 0.1) is 18.1 Å². The van der Waals surface area contributed by atoms with Crippen molar-refractivity contribution in [1.29, 1.82) is 0 Å². The number of ether oxygens (including phenoxy) is 2. The van der Waals surface area contributed by atoms with Crippen LogP contribution in [0.3, 0.4) is 0 Å². The lowest BCUT2D eigenvalue weighted by Crippen LogP contribution is -2.62. The monoisotopic (exact) mass is 491 g/mol. The average Bonchev–Trinajstić information content (AvgIpc) is 3.57. The highest BCUT2D eigenvalue weighted by Gasteiger charge is 2.62. The van der Waals surface area contributed by atoms with E-state index >= 15 is 0 Å². The predicted molar refractivity (Wildman–Crippen MR) is 135 cm³/mol. The van der Waals surface area contributed by atoms with E-state index in [0.717, 1.165) is 48.5 Å². The molecule has 11 aliphatic rings. The van der Waals surface area contributed by atoms with Gasteiger partial charge in [0.15, 0.2) is 6.04 Å². The van der Waals surface area contributed by atoms with Gasteiger partial charge in [0, 0.05) is 0 Å². The maximum absolute atomic E-state index is 13.2. The molecule has 1 unspecified atom stereocenters. The van der Waals surface area contributed by atoms with E-state index in [9.17, 15) is 4.79 Å². The zero-order valence-electron chi connectivity index (χ0n) is 21.7. The Morgan fingerprint density at radius 1 is 0.833 bits per heavy atom. The fraction of sp³-hybridized carbons (Fsp3) is 0.871. The topological polar surface area (TPSA) is 41.8 Å². The number of rotatable bonds is 5. The molecule has 0 N–H and O–H groups in total. The molecule has 0 spiro atoms. The second-order valence-electron chi connectivity index (χ2n) is 15.1. The Hall–Kier alpha value is -1.36. The molecule has 10 bridgehead atoms. The van der Waals surface area contributed by atoms with E-state index in [0.29, 0.717) is 23.7 Å². The second-order valence-corrected chi connectivity index (χ2v) is 15.1. The van der Waals surface area contributed by atoms with Gasteiger partial charge >= 0.3 is 5.97 Å². The van der Waals surface area contributed by atoms with Crippen molar-refractivity contribution in [2.45, 2.75) is 113 Å². The van der Waals surface area contributed by atoms with Gasteiger partial charge in [-0.15, -0.1) is 0 Å². The second kappa shape index (κ2) is 7.39.